The van der Waals surface area contributed by atoms with Crippen molar-refractivity contribution in [1.82, 2.24) is 9.88 Å². The third-order valence-corrected chi connectivity index (χ3v) is 6.81. The number of oxazole rings is 1. The van der Waals surface area contributed by atoms with E-state index in [0.29, 0.717) is 35.3 Å². The molecule has 8 nitrogen and oxygen atoms in total. The predicted octanol–water partition coefficient (Wildman–Crippen LogP) is 7.01. The minimum Gasteiger partial charge on any atom is -0.491 e. The van der Waals surface area contributed by atoms with Crippen LogP contribution in [0.5, 0.6) is 17.2 Å². The summed E-state index contributed by atoms with van der Waals surface area (Å²) in [5.41, 5.74) is 2.29. The number of rotatable bonds is 12. The molecule has 2 aromatic carbocycles. The maximum Gasteiger partial charge on any atom is 0.289 e. The van der Waals surface area contributed by atoms with Crippen LogP contribution in [0, 0.1) is 0 Å². The fraction of sp³-hybridized carbons (Fsp3) is 0.387. The highest BCUT2D eigenvalue weighted by atomic mass is 32.2. The Morgan fingerprint density at radius 3 is 2.17 bits per heavy atom. The summed E-state index contributed by atoms with van der Waals surface area (Å²) in [5.74, 6) is 1.89. The first-order valence-corrected chi connectivity index (χ1v) is 14.3. The van der Waals surface area contributed by atoms with Crippen molar-refractivity contribution in [2.75, 3.05) is 0 Å². The molecule has 3 aromatic rings. The second-order valence-corrected chi connectivity index (χ2v) is 11.5. The molecule has 1 saturated heterocycles. The molecule has 0 radical (unpaired) electrons. The molecule has 0 aliphatic carbocycles. The fourth-order valence-corrected chi connectivity index (χ4v) is 5.15. The van der Waals surface area contributed by atoms with Gasteiger partial charge in [0.25, 0.3) is 5.24 Å². The quantitative estimate of drug-likeness (QED) is 0.232. The number of carbonyl (C=O) groups excluding carboxylic acids is 2. The van der Waals surface area contributed by atoms with Gasteiger partial charge in [0.15, 0.2) is 11.5 Å². The highest BCUT2D eigenvalue weighted by molar-refractivity contribution is 8.15. The average Bonchev–Trinajstić information content (AvgIpc) is 3.44. The lowest BCUT2D eigenvalue weighted by molar-refractivity contribution is -0.127. The Labute approximate surface area is 239 Å². The summed E-state index contributed by atoms with van der Waals surface area (Å²) in [6.45, 7) is 11.7. The Morgan fingerprint density at radius 2 is 1.52 bits per heavy atom. The van der Waals surface area contributed by atoms with Gasteiger partial charge in [-0.15, -0.1) is 0 Å². The molecule has 212 valence electrons. The number of thioether (sulfide) groups is 1. The van der Waals surface area contributed by atoms with E-state index in [2.05, 4.69) is 4.98 Å². The van der Waals surface area contributed by atoms with Crippen LogP contribution in [-0.4, -0.2) is 44.6 Å². The van der Waals surface area contributed by atoms with E-state index >= 15 is 0 Å². The number of imide groups is 1. The van der Waals surface area contributed by atoms with Crippen LogP contribution in [0.3, 0.4) is 0 Å². The number of hydrogen-bond donors (Lipinski definition) is 0. The van der Waals surface area contributed by atoms with Gasteiger partial charge < -0.3 is 18.6 Å². The van der Waals surface area contributed by atoms with Crippen LogP contribution in [-0.2, 0) is 17.8 Å². The maximum atomic E-state index is 13.4. The Morgan fingerprint density at radius 1 is 0.900 bits per heavy atom. The summed E-state index contributed by atoms with van der Waals surface area (Å²) in [5, 5.41) is -0.917. The van der Waals surface area contributed by atoms with E-state index in [9.17, 15) is 9.59 Å². The van der Waals surface area contributed by atoms with Crippen molar-refractivity contribution < 1.29 is 28.2 Å². The molecule has 1 fully saturated rings. The first-order valence-electron chi connectivity index (χ1n) is 13.5. The van der Waals surface area contributed by atoms with Crippen LogP contribution < -0.4 is 14.2 Å². The van der Waals surface area contributed by atoms with Crippen LogP contribution in [0.25, 0.3) is 12.2 Å². The smallest absolute Gasteiger partial charge is 0.289 e. The molecule has 9 heteroatoms. The number of nitrogens with zero attached hydrogens (tertiary/aromatic N) is 2. The number of hydrogen-bond acceptors (Lipinski definition) is 8. The number of amides is 2. The molecule has 0 N–H and O–H groups in total. The lowest BCUT2D eigenvalue weighted by Crippen LogP contribution is -2.32. The standard InChI is InChI=1S/C31H36N2O6S/c1-19(2)37-25-16-27(39-21(5)6)26(38-20(3)4)14-23(25)15-28-30(34)33(31(35)40-28)17-24-18-36-29(32-24)13-12-22-10-8-7-9-11-22/h7-14,16,18-21,28H,15,17H2,1-6H3. The highest BCUT2D eigenvalue weighted by Crippen LogP contribution is 2.40. The lowest BCUT2D eigenvalue weighted by Gasteiger charge is -2.22. The van der Waals surface area contributed by atoms with Gasteiger partial charge in [-0.2, -0.15) is 0 Å². The van der Waals surface area contributed by atoms with E-state index in [1.54, 1.807) is 6.08 Å². The minimum absolute atomic E-state index is 0.0437. The van der Waals surface area contributed by atoms with Crippen molar-refractivity contribution >= 4 is 35.1 Å². The van der Waals surface area contributed by atoms with E-state index in [1.807, 2.05) is 90.1 Å². The van der Waals surface area contributed by atoms with Gasteiger partial charge in [0, 0.05) is 12.1 Å². The maximum absolute atomic E-state index is 13.4. The Balaban J connectivity index is 1.51. The van der Waals surface area contributed by atoms with Gasteiger partial charge in [0.1, 0.15) is 12.0 Å². The zero-order valence-electron chi connectivity index (χ0n) is 23.7. The van der Waals surface area contributed by atoms with Gasteiger partial charge in [0.2, 0.25) is 11.8 Å². The van der Waals surface area contributed by atoms with Gasteiger partial charge in [-0.25, -0.2) is 4.98 Å². The largest absolute Gasteiger partial charge is 0.491 e. The molecular formula is C31H36N2O6S. The van der Waals surface area contributed by atoms with E-state index in [4.69, 9.17) is 18.6 Å². The second-order valence-electron chi connectivity index (χ2n) is 10.3. The summed E-state index contributed by atoms with van der Waals surface area (Å²) in [4.78, 5) is 31.9. The van der Waals surface area contributed by atoms with Crippen LogP contribution in [0.4, 0.5) is 4.79 Å². The van der Waals surface area contributed by atoms with Crippen LogP contribution >= 0.6 is 11.8 Å². The summed E-state index contributed by atoms with van der Waals surface area (Å²) in [6.07, 6.45) is 5.19. The van der Waals surface area contributed by atoms with E-state index < -0.39 is 5.25 Å². The zero-order chi connectivity index (χ0) is 28.8. The van der Waals surface area contributed by atoms with E-state index in [-0.39, 0.29) is 36.0 Å². The molecule has 0 spiro atoms. The summed E-state index contributed by atoms with van der Waals surface area (Å²) < 4.78 is 23.7. The molecular weight excluding hydrogens is 528 g/mol. The normalized spacial score (nSPS) is 15.7. The summed E-state index contributed by atoms with van der Waals surface area (Å²) >= 11 is 1.01. The average molecular weight is 565 g/mol. The lowest BCUT2D eigenvalue weighted by atomic mass is 10.1. The first-order chi connectivity index (χ1) is 19.1. The van der Waals surface area contributed by atoms with E-state index in [1.165, 1.54) is 11.2 Å². The van der Waals surface area contributed by atoms with Crippen LogP contribution in [0.1, 0.15) is 64.3 Å². The molecule has 1 atom stereocenters. The van der Waals surface area contributed by atoms with Crippen molar-refractivity contribution in [2.24, 2.45) is 0 Å². The molecule has 1 aromatic heterocycles. The van der Waals surface area contributed by atoms with Crippen molar-refractivity contribution in [3.05, 3.63) is 71.4 Å². The Kier molecular flexibility index (Phi) is 9.58. The van der Waals surface area contributed by atoms with Crippen molar-refractivity contribution in [3.63, 3.8) is 0 Å². The van der Waals surface area contributed by atoms with Crippen molar-refractivity contribution in [2.45, 2.75) is 78.1 Å². The Bertz CT molecular complexity index is 1350. The molecule has 1 aliphatic heterocycles. The molecule has 0 saturated carbocycles. The summed E-state index contributed by atoms with van der Waals surface area (Å²) in [6, 6.07) is 13.5. The molecule has 1 unspecified atom stereocenters. The van der Waals surface area contributed by atoms with Gasteiger partial charge in [0.05, 0.1) is 35.8 Å². The highest BCUT2D eigenvalue weighted by Gasteiger charge is 2.40. The Hall–Kier alpha value is -3.72. The van der Waals surface area contributed by atoms with Crippen LogP contribution in [0.2, 0.25) is 0 Å². The number of carbonyl (C=O) groups is 2. The molecule has 2 amide bonds. The van der Waals surface area contributed by atoms with E-state index in [0.717, 1.165) is 22.9 Å². The van der Waals surface area contributed by atoms with Gasteiger partial charge in [-0.05, 0) is 71.2 Å². The van der Waals surface area contributed by atoms with Crippen molar-refractivity contribution in [3.8, 4) is 17.2 Å². The monoisotopic (exact) mass is 564 g/mol. The third kappa shape index (κ3) is 7.69. The van der Waals surface area contributed by atoms with Gasteiger partial charge in [-0.3, -0.25) is 14.5 Å². The minimum atomic E-state index is -0.602. The SMILES string of the molecule is CC(C)Oc1cc(OC(C)C)c(OC(C)C)cc1CC1SC(=O)N(Cc2coc(C=Cc3ccccc3)n2)C1=O. The topological polar surface area (TPSA) is 91.1 Å². The van der Waals surface area contributed by atoms with Crippen LogP contribution in [0.15, 0.2) is 53.1 Å². The zero-order valence-corrected chi connectivity index (χ0v) is 24.6. The van der Waals surface area contributed by atoms with Crippen molar-refractivity contribution in [1.29, 1.82) is 0 Å². The predicted molar refractivity (Wildman–Crippen MR) is 157 cm³/mol. The number of benzene rings is 2. The molecule has 0 bridgehead atoms. The van der Waals surface area contributed by atoms with Gasteiger partial charge >= 0.3 is 0 Å². The molecule has 40 heavy (non-hydrogen) atoms. The fourth-order valence-electron chi connectivity index (χ4n) is 4.13. The number of ether oxygens (including phenoxy) is 3. The molecule has 2 heterocycles. The number of aromatic nitrogens is 1. The molecule has 1 aliphatic rings. The second kappa shape index (κ2) is 13.1. The third-order valence-electron chi connectivity index (χ3n) is 5.73. The summed E-state index contributed by atoms with van der Waals surface area (Å²) in [7, 11) is 0. The van der Waals surface area contributed by atoms with Gasteiger partial charge in [-0.1, -0.05) is 42.1 Å². The first kappa shape index (κ1) is 29.3. The molecule has 4 rings (SSSR count).